The molecular weight excluding hydrogens is 342 g/mol. The minimum absolute atomic E-state index is 0.161. The van der Waals surface area contributed by atoms with Crippen LogP contribution in [0, 0.1) is 6.92 Å². The van der Waals surface area contributed by atoms with Crippen molar-refractivity contribution in [1.29, 1.82) is 0 Å². The van der Waals surface area contributed by atoms with Gasteiger partial charge in [-0.05, 0) is 19.1 Å². The third kappa shape index (κ3) is 3.84. The average molecular weight is 365 g/mol. The van der Waals surface area contributed by atoms with Gasteiger partial charge in [0, 0.05) is 50.8 Å². The van der Waals surface area contributed by atoms with E-state index in [1.54, 1.807) is 0 Å². The normalized spacial score (nSPS) is 14.7. The summed E-state index contributed by atoms with van der Waals surface area (Å²) >= 11 is 0. The molecule has 8 nitrogen and oxygen atoms in total. The first-order chi connectivity index (χ1) is 13.1. The molecule has 0 spiro atoms. The van der Waals surface area contributed by atoms with Crippen LogP contribution in [0.3, 0.4) is 0 Å². The summed E-state index contributed by atoms with van der Waals surface area (Å²) in [5.41, 5.74) is 8.54. The minimum Gasteiger partial charge on any atom is -0.368 e. The Morgan fingerprint density at radius 3 is 2.67 bits per heavy atom. The number of carbonyl (C=O) groups is 1. The van der Waals surface area contributed by atoms with E-state index >= 15 is 0 Å². The fraction of sp³-hybridized carbons (Fsp3) is 0.368. The zero-order valence-corrected chi connectivity index (χ0v) is 15.4. The van der Waals surface area contributed by atoms with E-state index in [-0.39, 0.29) is 11.9 Å². The monoisotopic (exact) mass is 365 g/mol. The summed E-state index contributed by atoms with van der Waals surface area (Å²) in [7, 11) is 0. The molecule has 27 heavy (non-hydrogen) atoms. The van der Waals surface area contributed by atoms with E-state index < -0.39 is 0 Å². The molecule has 3 heterocycles. The molecule has 1 amide bonds. The van der Waals surface area contributed by atoms with Gasteiger partial charge in [-0.15, -0.1) is 0 Å². The third-order valence-electron chi connectivity index (χ3n) is 4.83. The first kappa shape index (κ1) is 17.3. The molecule has 0 atom stereocenters. The predicted molar refractivity (Wildman–Crippen MR) is 104 cm³/mol. The second kappa shape index (κ2) is 7.22. The van der Waals surface area contributed by atoms with Crippen LogP contribution in [0.15, 0.2) is 30.3 Å². The molecule has 4 rings (SSSR count). The van der Waals surface area contributed by atoms with Crippen LogP contribution >= 0.6 is 0 Å². The molecule has 0 aliphatic carbocycles. The maximum atomic E-state index is 12.6. The number of aryl methyl sites for hydroxylation is 2. The quantitative estimate of drug-likeness (QED) is 0.726. The lowest BCUT2D eigenvalue weighted by Crippen LogP contribution is -2.49. The molecule has 1 aliphatic heterocycles. The number of anilines is 2. The van der Waals surface area contributed by atoms with Crippen molar-refractivity contribution >= 4 is 28.7 Å². The molecule has 3 aromatic rings. The summed E-state index contributed by atoms with van der Waals surface area (Å²) in [6.45, 7) is 4.75. The Balaban J connectivity index is 1.31. The largest absolute Gasteiger partial charge is 0.368 e. The van der Waals surface area contributed by atoms with Gasteiger partial charge < -0.3 is 20.5 Å². The number of hydrogen-bond acceptors (Lipinski definition) is 6. The molecule has 1 saturated heterocycles. The van der Waals surface area contributed by atoms with Crippen LogP contribution < -0.4 is 10.6 Å². The predicted octanol–water partition coefficient (Wildman–Crippen LogP) is 1.52. The molecule has 1 aromatic carbocycles. The molecule has 0 saturated carbocycles. The number of amides is 1. The number of fused-ring (bicyclic) bond motifs is 1. The summed E-state index contributed by atoms with van der Waals surface area (Å²) in [6, 6.07) is 9.83. The van der Waals surface area contributed by atoms with Gasteiger partial charge >= 0.3 is 0 Å². The van der Waals surface area contributed by atoms with E-state index in [9.17, 15) is 4.79 Å². The lowest BCUT2D eigenvalue weighted by Gasteiger charge is -2.35. The summed E-state index contributed by atoms with van der Waals surface area (Å²) in [5.74, 6) is 2.13. The second-order valence-electron chi connectivity index (χ2n) is 6.79. The van der Waals surface area contributed by atoms with E-state index in [0.29, 0.717) is 25.9 Å². The van der Waals surface area contributed by atoms with Crippen LogP contribution in [0.1, 0.15) is 17.9 Å². The highest BCUT2D eigenvalue weighted by Gasteiger charge is 2.22. The van der Waals surface area contributed by atoms with E-state index in [1.165, 1.54) is 0 Å². The first-order valence-electron chi connectivity index (χ1n) is 9.16. The number of nitrogens with one attached hydrogen (secondary N) is 1. The Labute approximate surface area is 157 Å². The second-order valence-corrected chi connectivity index (χ2v) is 6.79. The SMILES string of the molecule is Cc1cc(N2CCN(C(=O)CCc3nc4ccccc4[nH]3)CC2)nc(N)n1. The first-order valence-corrected chi connectivity index (χ1v) is 9.16. The van der Waals surface area contributed by atoms with Crippen LogP contribution in [0.5, 0.6) is 0 Å². The van der Waals surface area contributed by atoms with Gasteiger partial charge in [-0.2, -0.15) is 4.98 Å². The zero-order chi connectivity index (χ0) is 18.8. The van der Waals surface area contributed by atoms with Gasteiger partial charge in [0.15, 0.2) is 0 Å². The van der Waals surface area contributed by atoms with Crippen molar-refractivity contribution in [2.75, 3.05) is 36.8 Å². The van der Waals surface area contributed by atoms with Crippen LogP contribution in [0.4, 0.5) is 11.8 Å². The molecule has 0 bridgehead atoms. The highest BCUT2D eigenvalue weighted by Crippen LogP contribution is 2.17. The fourth-order valence-corrected chi connectivity index (χ4v) is 3.43. The summed E-state index contributed by atoms with van der Waals surface area (Å²) in [4.78, 5) is 32.8. The van der Waals surface area contributed by atoms with Crippen LogP contribution in [0.25, 0.3) is 11.0 Å². The number of rotatable bonds is 4. The molecule has 2 aromatic heterocycles. The number of carbonyl (C=O) groups excluding carboxylic acids is 1. The van der Waals surface area contributed by atoms with Gasteiger partial charge in [-0.25, -0.2) is 9.97 Å². The van der Waals surface area contributed by atoms with Gasteiger partial charge in [0.05, 0.1) is 11.0 Å². The zero-order valence-electron chi connectivity index (χ0n) is 15.4. The Kier molecular flexibility index (Phi) is 4.62. The third-order valence-corrected chi connectivity index (χ3v) is 4.83. The fourth-order valence-electron chi connectivity index (χ4n) is 3.43. The van der Waals surface area contributed by atoms with Crippen molar-refractivity contribution in [3.63, 3.8) is 0 Å². The maximum Gasteiger partial charge on any atom is 0.223 e. The standard InChI is InChI=1S/C19H23N7O/c1-13-12-17(24-19(20)21-13)25-8-10-26(11-9-25)18(27)7-6-16-22-14-4-2-3-5-15(14)23-16/h2-5,12H,6-11H2,1H3,(H,22,23)(H2,20,21,24). The summed E-state index contributed by atoms with van der Waals surface area (Å²) in [5, 5.41) is 0. The Hall–Kier alpha value is -3.16. The topological polar surface area (TPSA) is 104 Å². The smallest absolute Gasteiger partial charge is 0.223 e. The van der Waals surface area contributed by atoms with E-state index in [1.807, 2.05) is 42.2 Å². The van der Waals surface area contributed by atoms with Crippen molar-refractivity contribution in [3.8, 4) is 0 Å². The van der Waals surface area contributed by atoms with Crippen LogP contribution in [-0.2, 0) is 11.2 Å². The number of nitrogens with zero attached hydrogens (tertiary/aromatic N) is 5. The van der Waals surface area contributed by atoms with Gasteiger partial charge in [0.25, 0.3) is 0 Å². The molecule has 1 aliphatic rings. The Bertz CT molecular complexity index is 906. The molecule has 0 radical (unpaired) electrons. The number of piperazine rings is 1. The average Bonchev–Trinajstić information content (AvgIpc) is 3.08. The molecule has 1 fully saturated rings. The molecule has 0 unspecified atom stereocenters. The number of aromatic nitrogens is 4. The Morgan fingerprint density at radius 2 is 1.93 bits per heavy atom. The number of nitrogen functional groups attached to an aromatic ring is 1. The number of para-hydroxylation sites is 2. The van der Waals surface area contributed by atoms with Crippen LogP contribution in [0.2, 0.25) is 0 Å². The number of benzene rings is 1. The highest BCUT2D eigenvalue weighted by molar-refractivity contribution is 5.77. The molecule has 140 valence electrons. The molecule has 3 N–H and O–H groups in total. The lowest BCUT2D eigenvalue weighted by molar-refractivity contribution is -0.131. The van der Waals surface area contributed by atoms with Crippen molar-refractivity contribution in [3.05, 3.63) is 41.9 Å². The maximum absolute atomic E-state index is 12.6. The number of aromatic amines is 1. The van der Waals surface area contributed by atoms with Crippen molar-refractivity contribution in [1.82, 2.24) is 24.8 Å². The number of nitrogens with two attached hydrogens (primary N) is 1. The summed E-state index contributed by atoms with van der Waals surface area (Å²) < 4.78 is 0. The van der Waals surface area contributed by atoms with Crippen molar-refractivity contribution in [2.24, 2.45) is 0 Å². The number of imidazole rings is 1. The van der Waals surface area contributed by atoms with Gasteiger partial charge in [0.1, 0.15) is 11.6 Å². The van der Waals surface area contributed by atoms with Gasteiger partial charge in [-0.1, -0.05) is 12.1 Å². The highest BCUT2D eigenvalue weighted by atomic mass is 16.2. The van der Waals surface area contributed by atoms with E-state index in [2.05, 4.69) is 24.8 Å². The van der Waals surface area contributed by atoms with Crippen LogP contribution in [-0.4, -0.2) is 56.9 Å². The summed E-state index contributed by atoms with van der Waals surface area (Å²) in [6.07, 6.45) is 1.08. The van der Waals surface area contributed by atoms with E-state index in [0.717, 1.165) is 41.5 Å². The number of hydrogen-bond donors (Lipinski definition) is 2. The van der Waals surface area contributed by atoms with E-state index in [4.69, 9.17) is 5.73 Å². The van der Waals surface area contributed by atoms with Gasteiger partial charge in [-0.3, -0.25) is 4.79 Å². The van der Waals surface area contributed by atoms with Crippen molar-refractivity contribution < 1.29 is 4.79 Å². The lowest BCUT2D eigenvalue weighted by atomic mass is 10.2. The molecular formula is C19H23N7O. The minimum atomic E-state index is 0.161. The Morgan fingerprint density at radius 1 is 1.15 bits per heavy atom. The molecule has 8 heteroatoms. The number of H-pyrrole nitrogens is 1. The van der Waals surface area contributed by atoms with Crippen molar-refractivity contribution in [2.45, 2.75) is 19.8 Å². The van der Waals surface area contributed by atoms with Gasteiger partial charge in [0.2, 0.25) is 11.9 Å².